The third-order valence-corrected chi connectivity index (χ3v) is 5.48. The number of rotatable bonds is 3. The smallest absolute Gasteiger partial charge is 0.313 e. The molecule has 1 N–H and O–H groups in total. The van der Waals surface area contributed by atoms with Gasteiger partial charge in [-0.25, -0.2) is 4.79 Å². The lowest BCUT2D eigenvalue weighted by atomic mass is 9.90. The van der Waals surface area contributed by atoms with E-state index < -0.39 is 17.3 Å². The Hall–Kier alpha value is -3.02. The molecule has 146 valence electrons. The van der Waals surface area contributed by atoms with Gasteiger partial charge in [0.05, 0.1) is 41.5 Å². The molecule has 2 fully saturated rings. The van der Waals surface area contributed by atoms with Gasteiger partial charge in [-0.15, -0.1) is 0 Å². The third kappa shape index (κ3) is 3.09. The lowest BCUT2D eigenvalue weighted by Crippen LogP contribution is -2.39. The van der Waals surface area contributed by atoms with Gasteiger partial charge >= 0.3 is 12.2 Å². The number of aromatic nitrogens is 2. The normalized spacial score (nSPS) is 22.3. The number of hydrogen-bond donors (Lipinski definition) is 1. The molecule has 9 heteroatoms. The number of amides is 2. The Bertz CT molecular complexity index is 919. The fourth-order valence-electron chi connectivity index (χ4n) is 4.23. The van der Waals surface area contributed by atoms with Crippen molar-refractivity contribution in [2.24, 2.45) is 0 Å². The molecule has 4 rings (SSSR count). The first-order valence-electron chi connectivity index (χ1n) is 9.10. The van der Waals surface area contributed by atoms with Gasteiger partial charge in [0.15, 0.2) is 0 Å². The lowest BCUT2D eigenvalue weighted by Gasteiger charge is -2.31. The van der Waals surface area contributed by atoms with E-state index in [1.54, 1.807) is 23.2 Å². The van der Waals surface area contributed by atoms with E-state index in [4.69, 9.17) is 5.26 Å². The van der Waals surface area contributed by atoms with Crippen molar-refractivity contribution in [2.45, 2.75) is 50.5 Å². The number of benzene rings is 1. The molecule has 1 aromatic heterocycles. The van der Waals surface area contributed by atoms with Crippen LogP contribution in [0.4, 0.5) is 23.7 Å². The molecule has 0 unspecified atom stereocenters. The number of nitrogens with one attached hydrogen (secondary N) is 1. The molecule has 28 heavy (non-hydrogen) atoms. The van der Waals surface area contributed by atoms with Crippen molar-refractivity contribution in [1.82, 2.24) is 15.1 Å². The average molecular weight is 389 g/mol. The van der Waals surface area contributed by atoms with Gasteiger partial charge in [-0.3, -0.25) is 10.00 Å². The van der Waals surface area contributed by atoms with E-state index in [-0.39, 0.29) is 23.8 Å². The summed E-state index contributed by atoms with van der Waals surface area (Å²) >= 11 is 0. The summed E-state index contributed by atoms with van der Waals surface area (Å²) in [5.41, 5.74) is -0.581. The van der Waals surface area contributed by atoms with Crippen LogP contribution in [0.25, 0.3) is 0 Å². The first-order chi connectivity index (χ1) is 13.4. The number of aromatic amines is 1. The summed E-state index contributed by atoms with van der Waals surface area (Å²) in [5, 5.41) is 15.8. The maximum absolute atomic E-state index is 13.4. The number of fused-ring (bicyclic) bond motifs is 1. The molecule has 0 bridgehead atoms. The van der Waals surface area contributed by atoms with Crippen molar-refractivity contribution in [3.8, 4) is 6.07 Å². The highest BCUT2D eigenvalue weighted by Gasteiger charge is 2.47. The molecule has 0 spiro atoms. The van der Waals surface area contributed by atoms with E-state index in [0.29, 0.717) is 12.2 Å². The second-order valence-electron chi connectivity index (χ2n) is 7.10. The van der Waals surface area contributed by atoms with Crippen molar-refractivity contribution in [3.05, 3.63) is 47.3 Å². The molecule has 1 aliphatic heterocycles. The number of H-pyrrole nitrogens is 1. The maximum atomic E-state index is 13.4. The van der Waals surface area contributed by atoms with Crippen LogP contribution in [0.5, 0.6) is 0 Å². The molecule has 2 atom stereocenters. The fourth-order valence-corrected chi connectivity index (χ4v) is 4.23. The minimum Gasteiger partial charge on any atom is -0.313 e. The highest BCUT2D eigenvalue weighted by molar-refractivity contribution is 5.95. The van der Waals surface area contributed by atoms with E-state index in [2.05, 4.69) is 10.2 Å². The number of hydrogen-bond acceptors (Lipinski definition) is 3. The molecular formula is C19H18F3N5O. The van der Waals surface area contributed by atoms with E-state index in [1.807, 2.05) is 0 Å². The van der Waals surface area contributed by atoms with Crippen LogP contribution in [0, 0.1) is 11.3 Å². The summed E-state index contributed by atoms with van der Waals surface area (Å²) in [6.07, 6.45) is 0.436. The quantitative estimate of drug-likeness (QED) is 0.860. The number of halogens is 3. The largest absolute Gasteiger partial charge is 0.417 e. The molecule has 2 aliphatic rings. The van der Waals surface area contributed by atoms with Gasteiger partial charge in [0, 0.05) is 11.9 Å². The zero-order chi connectivity index (χ0) is 19.9. The van der Waals surface area contributed by atoms with Crippen LogP contribution in [-0.4, -0.2) is 33.2 Å². The van der Waals surface area contributed by atoms with Crippen LogP contribution in [0.2, 0.25) is 0 Å². The van der Waals surface area contributed by atoms with Crippen LogP contribution >= 0.6 is 0 Å². The summed E-state index contributed by atoms with van der Waals surface area (Å²) in [6.45, 7) is 0.308. The van der Waals surface area contributed by atoms with Crippen molar-refractivity contribution in [1.29, 1.82) is 5.26 Å². The fraction of sp³-hybridized carbons (Fsp3) is 0.421. The van der Waals surface area contributed by atoms with Gasteiger partial charge in [-0.1, -0.05) is 12.8 Å². The molecular weight excluding hydrogens is 371 g/mol. The molecule has 2 heterocycles. The Morgan fingerprint density at radius 3 is 2.61 bits per heavy atom. The van der Waals surface area contributed by atoms with E-state index in [9.17, 15) is 18.0 Å². The predicted octanol–water partition coefficient (Wildman–Crippen LogP) is 4.05. The Morgan fingerprint density at radius 1 is 1.21 bits per heavy atom. The summed E-state index contributed by atoms with van der Waals surface area (Å²) in [6, 6.07) is 6.26. The minimum absolute atomic E-state index is 0.0667. The maximum Gasteiger partial charge on any atom is 0.417 e. The number of carbonyl (C=O) groups excluding carboxylic acids is 1. The number of nitrogens with zero attached hydrogens (tertiary/aromatic N) is 4. The summed E-state index contributed by atoms with van der Waals surface area (Å²) < 4.78 is 40.2. The predicted molar refractivity (Wildman–Crippen MR) is 94.2 cm³/mol. The number of carbonyl (C=O) groups is 1. The van der Waals surface area contributed by atoms with Crippen LogP contribution in [-0.2, 0) is 12.7 Å². The first kappa shape index (κ1) is 18.3. The van der Waals surface area contributed by atoms with E-state index >= 15 is 0 Å². The number of urea groups is 1. The third-order valence-electron chi connectivity index (χ3n) is 5.48. The first-order valence-corrected chi connectivity index (χ1v) is 9.10. The number of anilines is 1. The Labute approximate surface area is 159 Å². The van der Waals surface area contributed by atoms with Crippen molar-refractivity contribution in [2.75, 3.05) is 4.90 Å². The van der Waals surface area contributed by atoms with Crippen LogP contribution < -0.4 is 4.90 Å². The highest BCUT2D eigenvalue weighted by atomic mass is 19.4. The van der Waals surface area contributed by atoms with Gasteiger partial charge in [0.2, 0.25) is 0 Å². The van der Waals surface area contributed by atoms with Crippen LogP contribution in [0.15, 0.2) is 30.5 Å². The second kappa shape index (κ2) is 6.86. The van der Waals surface area contributed by atoms with E-state index in [1.165, 1.54) is 11.0 Å². The zero-order valence-corrected chi connectivity index (χ0v) is 14.9. The molecule has 6 nitrogen and oxygen atoms in total. The van der Waals surface area contributed by atoms with Gasteiger partial charge in [-0.2, -0.15) is 23.5 Å². The van der Waals surface area contributed by atoms with E-state index in [0.717, 1.165) is 37.8 Å². The molecule has 1 saturated carbocycles. The average Bonchev–Trinajstić information content (AvgIpc) is 3.28. The van der Waals surface area contributed by atoms with Gasteiger partial charge in [-0.05, 0) is 37.1 Å². The van der Waals surface area contributed by atoms with Gasteiger partial charge < -0.3 is 4.90 Å². The highest BCUT2D eigenvalue weighted by Crippen LogP contribution is 2.40. The molecule has 1 saturated heterocycles. The number of nitriles is 1. The Morgan fingerprint density at radius 2 is 1.96 bits per heavy atom. The molecule has 0 radical (unpaired) electrons. The summed E-state index contributed by atoms with van der Waals surface area (Å²) in [5.74, 6) is 0. The number of alkyl halides is 3. The Kier molecular flexibility index (Phi) is 4.49. The zero-order valence-electron chi connectivity index (χ0n) is 14.9. The van der Waals surface area contributed by atoms with Gasteiger partial charge in [0.1, 0.15) is 0 Å². The lowest BCUT2D eigenvalue weighted by molar-refractivity contribution is -0.137. The molecule has 2 aromatic rings. The standard InChI is InChI=1S/C19H18F3N5O/c20-19(21,22)15-9-14(6-5-12(15)10-23)27-17-4-2-1-3-16(17)26(18(27)28)11-13-7-8-24-25-13/h5-9,16-17H,1-4,11H2,(H,24,25)/t16-,17-/m1/s1. The van der Waals surface area contributed by atoms with Crippen molar-refractivity contribution >= 4 is 11.7 Å². The van der Waals surface area contributed by atoms with Crippen molar-refractivity contribution in [3.63, 3.8) is 0 Å². The molecule has 1 aliphatic carbocycles. The SMILES string of the molecule is N#Cc1ccc(N2C(=O)N(Cc3cc[nH]n3)[C@@H]3CCCC[C@H]32)cc1C(F)(F)F. The van der Waals surface area contributed by atoms with Gasteiger partial charge in [0.25, 0.3) is 0 Å². The molecule has 2 amide bonds. The second-order valence-corrected chi connectivity index (χ2v) is 7.10. The summed E-state index contributed by atoms with van der Waals surface area (Å²) in [7, 11) is 0. The van der Waals surface area contributed by atoms with Crippen molar-refractivity contribution < 1.29 is 18.0 Å². The monoisotopic (exact) mass is 389 g/mol. The molecule has 1 aromatic carbocycles. The minimum atomic E-state index is -4.66. The topological polar surface area (TPSA) is 76.0 Å². The van der Waals surface area contributed by atoms with Crippen LogP contribution in [0.3, 0.4) is 0 Å². The summed E-state index contributed by atoms with van der Waals surface area (Å²) in [4.78, 5) is 16.3. The van der Waals surface area contributed by atoms with Crippen LogP contribution in [0.1, 0.15) is 42.5 Å². The Balaban J connectivity index is 1.72.